The summed E-state index contributed by atoms with van der Waals surface area (Å²) in [5.41, 5.74) is 5.92. The van der Waals surface area contributed by atoms with E-state index >= 15 is 0 Å². The van der Waals surface area contributed by atoms with E-state index in [1.807, 2.05) is 11.8 Å². The van der Waals surface area contributed by atoms with Crippen molar-refractivity contribution in [3.05, 3.63) is 95.5 Å². The van der Waals surface area contributed by atoms with E-state index in [1.165, 1.54) is 43.3 Å². The zero-order chi connectivity index (χ0) is 38.2. The molecule has 11 nitrogen and oxygen atoms in total. The van der Waals surface area contributed by atoms with Gasteiger partial charge < -0.3 is 48.3 Å². The number of para-hydroxylation sites is 2. The van der Waals surface area contributed by atoms with E-state index in [2.05, 4.69) is 100 Å². The lowest BCUT2D eigenvalue weighted by atomic mass is 10.0. The van der Waals surface area contributed by atoms with Crippen LogP contribution in [0.25, 0.3) is 28.2 Å². The minimum absolute atomic E-state index is 0.0223. The molecular weight excluding hydrogens is 721 g/mol. The zero-order valence-corrected chi connectivity index (χ0v) is 32.7. The number of fused-ring (bicyclic) bond motifs is 2. The average Bonchev–Trinajstić information content (AvgIpc) is 3.57. The van der Waals surface area contributed by atoms with Crippen molar-refractivity contribution in [1.29, 1.82) is 0 Å². The van der Waals surface area contributed by atoms with Crippen LogP contribution >= 0.6 is 11.8 Å². The number of aliphatic hydroxyl groups excluding tert-OH is 2. The SMILES string of the molecule is OCCOCCOCCOCCC[n+]1c(-c2ccccc2)cc(C=C2Sc3ccccc3N2CCCOCCOCCOCCOCCO)c2ccccc21. The molecule has 0 saturated carbocycles. The summed E-state index contributed by atoms with van der Waals surface area (Å²) in [6.45, 7) is 8.66. The molecule has 0 aliphatic carbocycles. The van der Waals surface area contributed by atoms with Crippen molar-refractivity contribution in [2.75, 3.05) is 117 Å². The molecule has 0 unspecified atom stereocenters. The molecule has 1 aromatic heterocycles. The first-order valence-electron chi connectivity index (χ1n) is 19.3. The number of anilines is 1. The van der Waals surface area contributed by atoms with Crippen LogP contribution in [-0.4, -0.2) is 122 Å². The molecule has 2 heterocycles. The fourth-order valence-corrected chi connectivity index (χ4v) is 7.34. The van der Waals surface area contributed by atoms with Crippen LogP contribution in [0.5, 0.6) is 0 Å². The Bertz CT molecular complexity index is 1690. The molecule has 0 bridgehead atoms. The van der Waals surface area contributed by atoms with Crippen molar-refractivity contribution in [3.63, 3.8) is 0 Å². The standard InChI is InChI=1S/C43H57N2O9S/c46-18-22-50-26-30-52-28-24-48-20-8-16-44-39-13-5-4-12-38(39)37(34-41(44)36-10-2-1-3-11-36)35-43-45(40-14-6-7-15-42(40)55-43)17-9-21-49-25-29-53-32-33-54-31-27-51-23-19-47/h1-7,10-15,34-35,46-47H,8-9,16-33H2/q+1. The molecule has 0 amide bonds. The van der Waals surface area contributed by atoms with Gasteiger partial charge in [0.2, 0.25) is 11.2 Å². The summed E-state index contributed by atoms with van der Waals surface area (Å²) < 4.78 is 41.4. The molecule has 0 radical (unpaired) electrons. The zero-order valence-electron chi connectivity index (χ0n) is 31.9. The molecule has 1 aliphatic rings. The molecule has 1 aliphatic heterocycles. The molecule has 12 heteroatoms. The van der Waals surface area contributed by atoms with Crippen LogP contribution in [0.3, 0.4) is 0 Å². The Morgan fingerprint density at radius 2 is 1.09 bits per heavy atom. The molecule has 4 aromatic rings. The predicted molar refractivity (Wildman–Crippen MR) is 216 cm³/mol. The van der Waals surface area contributed by atoms with E-state index in [1.54, 1.807) is 0 Å². The topological polar surface area (TPSA) is 112 Å². The normalized spacial score (nSPS) is 13.3. The van der Waals surface area contributed by atoms with E-state index in [-0.39, 0.29) is 13.2 Å². The third kappa shape index (κ3) is 14.2. The minimum atomic E-state index is 0.0223. The average molecular weight is 778 g/mol. The summed E-state index contributed by atoms with van der Waals surface area (Å²) in [5.74, 6) is 0. The van der Waals surface area contributed by atoms with Crippen molar-refractivity contribution in [2.45, 2.75) is 24.3 Å². The van der Waals surface area contributed by atoms with E-state index in [0.29, 0.717) is 92.5 Å². The molecule has 0 fully saturated rings. The third-order valence-corrected chi connectivity index (χ3v) is 9.86. The number of thioether (sulfide) groups is 1. The van der Waals surface area contributed by atoms with Gasteiger partial charge in [0.1, 0.15) is 0 Å². The summed E-state index contributed by atoms with van der Waals surface area (Å²) in [6, 6.07) is 30.2. The second-order valence-corrected chi connectivity index (χ2v) is 13.7. The second kappa shape index (κ2) is 25.7. The highest BCUT2D eigenvalue weighted by Crippen LogP contribution is 2.47. The molecule has 55 heavy (non-hydrogen) atoms. The quantitative estimate of drug-likeness (QED) is 0.0532. The summed E-state index contributed by atoms with van der Waals surface area (Å²) in [4.78, 5) is 3.67. The number of pyridine rings is 1. The van der Waals surface area contributed by atoms with Gasteiger partial charge >= 0.3 is 0 Å². The Morgan fingerprint density at radius 3 is 1.73 bits per heavy atom. The lowest BCUT2D eigenvalue weighted by molar-refractivity contribution is -0.661. The highest BCUT2D eigenvalue weighted by molar-refractivity contribution is 8.03. The van der Waals surface area contributed by atoms with Crippen LogP contribution in [0.2, 0.25) is 0 Å². The molecule has 0 spiro atoms. The Hall–Kier alpha value is -3.40. The maximum Gasteiger partial charge on any atom is 0.213 e. The van der Waals surface area contributed by atoms with Crippen LogP contribution in [-0.2, 0) is 39.7 Å². The van der Waals surface area contributed by atoms with Gasteiger partial charge in [0.05, 0.1) is 115 Å². The lowest BCUT2D eigenvalue weighted by Gasteiger charge is -2.21. The number of nitrogens with zero attached hydrogens (tertiary/aromatic N) is 2. The number of aliphatic hydroxyl groups is 2. The fraction of sp³-hybridized carbons (Fsp3) is 0.465. The minimum Gasteiger partial charge on any atom is -0.394 e. The smallest absolute Gasteiger partial charge is 0.213 e. The van der Waals surface area contributed by atoms with Gasteiger partial charge in [0, 0.05) is 42.2 Å². The van der Waals surface area contributed by atoms with Crippen molar-refractivity contribution in [2.24, 2.45) is 0 Å². The second-order valence-electron chi connectivity index (χ2n) is 12.7. The number of aromatic nitrogens is 1. The maximum atomic E-state index is 8.80. The van der Waals surface area contributed by atoms with Crippen molar-refractivity contribution >= 4 is 34.4 Å². The maximum absolute atomic E-state index is 8.80. The van der Waals surface area contributed by atoms with Crippen molar-refractivity contribution < 1.29 is 47.9 Å². The number of benzene rings is 3. The number of ether oxygens (including phenoxy) is 7. The van der Waals surface area contributed by atoms with Crippen LogP contribution in [0.4, 0.5) is 5.69 Å². The van der Waals surface area contributed by atoms with E-state index in [4.69, 9.17) is 43.4 Å². The van der Waals surface area contributed by atoms with Crippen LogP contribution in [0.15, 0.2) is 94.9 Å². The number of hydrogen-bond acceptors (Lipinski definition) is 11. The highest BCUT2D eigenvalue weighted by atomic mass is 32.2. The highest BCUT2D eigenvalue weighted by Gasteiger charge is 2.26. The molecule has 5 rings (SSSR count). The lowest BCUT2D eigenvalue weighted by Crippen LogP contribution is -2.38. The largest absolute Gasteiger partial charge is 0.394 e. The monoisotopic (exact) mass is 777 g/mol. The van der Waals surface area contributed by atoms with Crippen molar-refractivity contribution in [3.8, 4) is 11.3 Å². The summed E-state index contributed by atoms with van der Waals surface area (Å²) >= 11 is 1.81. The van der Waals surface area contributed by atoms with Gasteiger partial charge in [-0.2, -0.15) is 4.57 Å². The Labute approximate surface area is 329 Å². The van der Waals surface area contributed by atoms with Gasteiger partial charge in [0.25, 0.3) is 0 Å². The Morgan fingerprint density at radius 1 is 0.564 bits per heavy atom. The number of aryl methyl sites for hydroxylation is 1. The summed E-state index contributed by atoms with van der Waals surface area (Å²) in [7, 11) is 0. The van der Waals surface area contributed by atoms with Crippen LogP contribution in [0, 0.1) is 0 Å². The Balaban J connectivity index is 1.20. The number of rotatable bonds is 29. The number of hydrogen-bond donors (Lipinski definition) is 2. The van der Waals surface area contributed by atoms with E-state index in [9.17, 15) is 0 Å². The van der Waals surface area contributed by atoms with Gasteiger partial charge in [-0.05, 0) is 48.4 Å². The van der Waals surface area contributed by atoms with Gasteiger partial charge in [-0.25, -0.2) is 0 Å². The van der Waals surface area contributed by atoms with Gasteiger partial charge in [-0.1, -0.05) is 54.2 Å². The van der Waals surface area contributed by atoms with Gasteiger partial charge in [-0.15, -0.1) is 0 Å². The fourth-order valence-electron chi connectivity index (χ4n) is 6.20. The summed E-state index contributed by atoms with van der Waals surface area (Å²) in [6.07, 6.45) is 4.08. The van der Waals surface area contributed by atoms with Crippen LogP contribution in [0.1, 0.15) is 18.4 Å². The predicted octanol–water partition coefficient (Wildman–Crippen LogP) is 5.59. The molecule has 3 aromatic carbocycles. The molecular formula is C43H57N2O9S+. The van der Waals surface area contributed by atoms with Gasteiger partial charge in [-0.3, -0.25) is 0 Å². The first-order chi connectivity index (χ1) is 27.3. The van der Waals surface area contributed by atoms with E-state index < -0.39 is 0 Å². The first kappa shape index (κ1) is 42.7. The molecule has 0 atom stereocenters. The summed E-state index contributed by atoms with van der Waals surface area (Å²) in [5, 5.41) is 19.9. The third-order valence-electron chi connectivity index (χ3n) is 8.75. The van der Waals surface area contributed by atoms with Crippen molar-refractivity contribution in [1.82, 2.24) is 0 Å². The molecule has 2 N–H and O–H groups in total. The first-order valence-corrected chi connectivity index (χ1v) is 20.1. The van der Waals surface area contributed by atoms with Crippen LogP contribution < -0.4 is 9.47 Å². The van der Waals surface area contributed by atoms with E-state index in [0.717, 1.165) is 25.9 Å². The Kier molecular flexibility index (Phi) is 20.0. The molecule has 298 valence electrons. The van der Waals surface area contributed by atoms with Gasteiger partial charge in [0.15, 0.2) is 6.54 Å². The molecule has 0 saturated heterocycles.